The first-order valence-electron chi connectivity index (χ1n) is 6.15. The fourth-order valence-corrected chi connectivity index (χ4v) is 2.21. The van der Waals surface area contributed by atoms with Gasteiger partial charge in [0.15, 0.2) is 0 Å². The molecule has 1 saturated heterocycles. The number of carbonyl (C=O) groups is 2. The molecule has 0 radical (unpaired) electrons. The van der Waals surface area contributed by atoms with Crippen molar-refractivity contribution in [1.29, 1.82) is 0 Å². The second-order valence-corrected chi connectivity index (χ2v) is 4.83. The fourth-order valence-electron chi connectivity index (χ4n) is 2.01. The molecule has 0 atom stereocenters. The Hall–Kier alpha value is -1.30. The van der Waals surface area contributed by atoms with Crippen LogP contribution in [-0.2, 0) is 4.79 Å². The lowest BCUT2D eigenvalue weighted by atomic mass is 10.1. The summed E-state index contributed by atoms with van der Waals surface area (Å²) in [5, 5.41) is 6.24. The summed E-state index contributed by atoms with van der Waals surface area (Å²) in [5.74, 6) is -0.276. The third-order valence-electron chi connectivity index (χ3n) is 2.92. The van der Waals surface area contributed by atoms with Gasteiger partial charge in [-0.05, 0) is 18.2 Å². The lowest BCUT2D eigenvalue weighted by Gasteiger charge is -2.27. The normalized spacial score (nSPS) is 14.4. The number of amides is 2. The summed E-state index contributed by atoms with van der Waals surface area (Å²) in [5.41, 5.74) is 1.00. The topological polar surface area (TPSA) is 61.4 Å². The number of rotatable bonds is 2. The van der Waals surface area contributed by atoms with E-state index in [1.807, 2.05) is 0 Å². The van der Waals surface area contributed by atoms with E-state index in [2.05, 4.69) is 10.6 Å². The summed E-state index contributed by atoms with van der Waals surface area (Å²) in [6.07, 6.45) is 0. The minimum absolute atomic E-state index is 0. The average molecular weight is 318 g/mol. The number of nitrogens with one attached hydrogen (secondary N) is 2. The van der Waals surface area contributed by atoms with E-state index in [1.54, 1.807) is 23.1 Å². The van der Waals surface area contributed by atoms with Crippen LogP contribution in [0, 0.1) is 0 Å². The lowest BCUT2D eigenvalue weighted by Crippen LogP contribution is -2.46. The van der Waals surface area contributed by atoms with E-state index in [-0.39, 0.29) is 24.2 Å². The van der Waals surface area contributed by atoms with Crippen LogP contribution in [-0.4, -0.2) is 42.9 Å². The molecule has 1 heterocycles. The van der Waals surface area contributed by atoms with Crippen molar-refractivity contribution in [2.45, 2.75) is 6.92 Å². The standard InChI is InChI=1S/C13H16ClN3O2.ClH/c1-9(18)16-10-2-3-12(14)11(8-10)13(19)17-6-4-15-5-7-17;/h2-3,8,15H,4-7H2,1H3,(H,16,18);1H. The molecule has 0 bridgehead atoms. The van der Waals surface area contributed by atoms with Gasteiger partial charge in [-0.3, -0.25) is 9.59 Å². The Morgan fingerprint density at radius 1 is 1.30 bits per heavy atom. The van der Waals surface area contributed by atoms with E-state index >= 15 is 0 Å². The maximum Gasteiger partial charge on any atom is 0.255 e. The van der Waals surface area contributed by atoms with Crippen molar-refractivity contribution in [2.24, 2.45) is 0 Å². The number of anilines is 1. The molecule has 1 aliphatic rings. The van der Waals surface area contributed by atoms with Crippen LogP contribution in [0.3, 0.4) is 0 Å². The van der Waals surface area contributed by atoms with Crippen molar-refractivity contribution < 1.29 is 9.59 Å². The molecule has 2 N–H and O–H groups in total. The second-order valence-electron chi connectivity index (χ2n) is 4.42. The largest absolute Gasteiger partial charge is 0.336 e. The summed E-state index contributed by atoms with van der Waals surface area (Å²) in [6.45, 7) is 4.33. The molecule has 20 heavy (non-hydrogen) atoms. The minimum atomic E-state index is -0.178. The third-order valence-corrected chi connectivity index (χ3v) is 3.25. The number of hydrogen-bond acceptors (Lipinski definition) is 3. The summed E-state index contributed by atoms with van der Waals surface area (Å²) in [7, 11) is 0. The molecule has 7 heteroatoms. The highest BCUT2D eigenvalue weighted by atomic mass is 35.5. The van der Waals surface area contributed by atoms with Crippen molar-refractivity contribution in [2.75, 3.05) is 31.5 Å². The predicted molar refractivity (Wildman–Crippen MR) is 81.8 cm³/mol. The van der Waals surface area contributed by atoms with Gasteiger partial charge in [0.05, 0.1) is 10.6 Å². The van der Waals surface area contributed by atoms with Crippen LogP contribution in [0.15, 0.2) is 18.2 Å². The number of halogens is 2. The SMILES string of the molecule is CC(=O)Nc1ccc(Cl)c(C(=O)N2CCNCC2)c1.Cl. The number of piperazine rings is 1. The van der Waals surface area contributed by atoms with Gasteiger partial charge in [0.2, 0.25) is 5.91 Å². The molecule has 110 valence electrons. The first-order chi connectivity index (χ1) is 9.08. The molecular weight excluding hydrogens is 301 g/mol. The van der Waals surface area contributed by atoms with Crippen LogP contribution in [0.5, 0.6) is 0 Å². The highest BCUT2D eigenvalue weighted by molar-refractivity contribution is 6.34. The van der Waals surface area contributed by atoms with Crippen molar-refractivity contribution in [3.8, 4) is 0 Å². The van der Waals surface area contributed by atoms with Crippen LogP contribution in [0.1, 0.15) is 17.3 Å². The van der Waals surface area contributed by atoms with Crippen LogP contribution >= 0.6 is 24.0 Å². The molecule has 0 unspecified atom stereocenters. The van der Waals surface area contributed by atoms with Gasteiger partial charge in [-0.1, -0.05) is 11.6 Å². The molecule has 1 aliphatic heterocycles. The Kier molecular flexibility index (Phi) is 6.26. The lowest BCUT2D eigenvalue weighted by molar-refractivity contribution is -0.114. The average Bonchev–Trinajstić information content (AvgIpc) is 2.40. The molecule has 1 fully saturated rings. The van der Waals surface area contributed by atoms with Gasteiger partial charge in [-0.15, -0.1) is 12.4 Å². The van der Waals surface area contributed by atoms with E-state index < -0.39 is 0 Å². The van der Waals surface area contributed by atoms with Crippen LogP contribution < -0.4 is 10.6 Å². The molecule has 1 aromatic rings. The zero-order valence-corrected chi connectivity index (χ0v) is 12.7. The maximum absolute atomic E-state index is 12.4. The monoisotopic (exact) mass is 317 g/mol. The molecule has 2 amide bonds. The molecule has 0 aliphatic carbocycles. The molecule has 1 aromatic carbocycles. The van der Waals surface area contributed by atoms with Crippen LogP contribution in [0.2, 0.25) is 5.02 Å². The number of hydrogen-bond donors (Lipinski definition) is 2. The Bertz CT molecular complexity index is 502. The summed E-state index contributed by atoms with van der Waals surface area (Å²) in [4.78, 5) is 25.2. The summed E-state index contributed by atoms with van der Waals surface area (Å²) < 4.78 is 0. The van der Waals surface area contributed by atoms with E-state index in [9.17, 15) is 9.59 Å². The molecule has 2 rings (SSSR count). The van der Waals surface area contributed by atoms with Gasteiger partial charge in [0.25, 0.3) is 5.91 Å². The first kappa shape index (κ1) is 16.8. The first-order valence-corrected chi connectivity index (χ1v) is 6.53. The second kappa shape index (κ2) is 7.47. The van der Waals surface area contributed by atoms with Crippen LogP contribution in [0.25, 0.3) is 0 Å². The van der Waals surface area contributed by atoms with Crippen molar-refractivity contribution in [3.05, 3.63) is 28.8 Å². The summed E-state index contributed by atoms with van der Waals surface area (Å²) in [6, 6.07) is 4.93. The Morgan fingerprint density at radius 3 is 2.55 bits per heavy atom. The van der Waals surface area contributed by atoms with E-state index in [0.29, 0.717) is 29.4 Å². The number of carbonyl (C=O) groups excluding carboxylic acids is 2. The Labute approximate surface area is 129 Å². The van der Waals surface area contributed by atoms with Gasteiger partial charge in [0.1, 0.15) is 0 Å². The fraction of sp³-hybridized carbons (Fsp3) is 0.385. The van der Waals surface area contributed by atoms with Gasteiger partial charge in [0, 0.05) is 38.8 Å². The quantitative estimate of drug-likeness (QED) is 0.873. The number of nitrogens with zero attached hydrogens (tertiary/aromatic N) is 1. The molecule has 5 nitrogen and oxygen atoms in total. The molecule has 0 aromatic heterocycles. The van der Waals surface area contributed by atoms with Gasteiger partial charge < -0.3 is 15.5 Å². The molecular formula is C13H17Cl2N3O2. The predicted octanol–water partition coefficient (Wildman–Crippen LogP) is 1.77. The minimum Gasteiger partial charge on any atom is -0.336 e. The third kappa shape index (κ3) is 4.10. The Balaban J connectivity index is 0.00000200. The van der Waals surface area contributed by atoms with Gasteiger partial charge >= 0.3 is 0 Å². The zero-order chi connectivity index (χ0) is 13.8. The van der Waals surface area contributed by atoms with Gasteiger partial charge in [-0.25, -0.2) is 0 Å². The van der Waals surface area contributed by atoms with Gasteiger partial charge in [-0.2, -0.15) is 0 Å². The zero-order valence-electron chi connectivity index (χ0n) is 11.1. The van der Waals surface area contributed by atoms with Crippen molar-refractivity contribution >= 4 is 41.5 Å². The highest BCUT2D eigenvalue weighted by Gasteiger charge is 2.20. The molecule has 0 spiro atoms. The van der Waals surface area contributed by atoms with E-state index in [0.717, 1.165) is 13.1 Å². The highest BCUT2D eigenvalue weighted by Crippen LogP contribution is 2.22. The number of benzene rings is 1. The summed E-state index contributed by atoms with van der Waals surface area (Å²) >= 11 is 6.07. The van der Waals surface area contributed by atoms with Crippen molar-refractivity contribution in [3.63, 3.8) is 0 Å². The Morgan fingerprint density at radius 2 is 1.95 bits per heavy atom. The smallest absolute Gasteiger partial charge is 0.255 e. The molecule has 0 saturated carbocycles. The van der Waals surface area contributed by atoms with Crippen LogP contribution in [0.4, 0.5) is 5.69 Å². The maximum atomic E-state index is 12.4. The van der Waals surface area contributed by atoms with E-state index in [1.165, 1.54) is 6.92 Å². The van der Waals surface area contributed by atoms with E-state index in [4.69, 9.17) is 11.6 Å². The van der Waals surface area contributed by atoms with Crippen molar-refractivity contribution in [1.82, 2.24) is 10.2 Å².